The van der Waals surface area contributed by atoms with Gasteiger partial charge in [0.1, 0.15) is 5.75 Å². The number of ether oxygens (including phenoxy) is 1. The highest BCUT2D eigenvalue weighted by Crippen LogP contribution is 2.25. The third-order valence-electron chi connectivity index (χ3n) is 2.80. The Kier molecular flexibility index (Phi) is 7.01. The molecule has 1 aromatic carbocycles. The topological polar surface area (TPSA) is 81.4 Å². The van der Waals surface area contributed by atoms with Gasteiger partial charge in [0.2, 0.25) is 10.0 Å². The van der Waals surface area contributed by atoms with Crippen molar-refractivity contribution in [3.63, 3.8) is 0 Å². The van der Waals surface area contributed by atoms with E-state index in [4.69, 9.17) is 10.5 Å². The molecule has 3 N–H and O–H groups in total. The van der Waals surface area contributed by atoms with Gasteiger partial charge in [0.15, 0.2) is 0 Å². The number of benzene rings is 1. The summed E-state index contributed by atoms with van der Waals surface area (Å²) in [7, 11) is -2.55. The Labute approximate surface area is 129 Å². The molecule has 0 radical (unpaired) electrons. The van der Waals surface area contributed by atoms with Crippen molar-refractivity contribution in [2.45, 2.75) is 24.7 Å². The van der Waals surface area contributed by atoms with E-state index in [1.54, 1.807) is 19.9 Å². The summed E-state index contributed by atoms with van der Waals surface area (Å²) in [6.45, 7) is 1.29. The minimum atomic E-state index is -4.02. The molecule has 0 aliphatic carbocycles. The highest BCUT2D eigenvalue weighted by molar-refractivity contribution is 7.89. The average molecular weight is 345 g/mol. The van der Waals surface area contributed by atoms with Crippen LogP contribution in [0.15, 0.2) is 17.0 Å². The minimum absolute atomic E-state index is 0. The second-order valence-corrected chi connectivity index (χ2v) is 6.21. The van der Waals surface area contributed by atoms with Crippen LogP contribution in [-0.4, -0.2) is 34.5 Å². The van der Waals surface area contributed by atoms with Crippen molar-refractivity contribution in [2.24, 2.45) is 5.73 Å². The molecule has 0 saturated heterocycles. The van der Waals surface area contributed by atoms with Crippen molar-refractivity contribution in [2.75, 3.05) is 20.2 Å². The van der Waals surface area contributed by atoms with Crippen molar-refractivity contribution in [1.82, 2.24) is 4.72 Å². The molecule has 1 aromatic rings. The Morgan fingerprint density at radius 1 is 1.29 bits per heavy atom. The SMILES string of the molecule is COc1cc(C)c(S(=O)(=O)NCC(F)(F)CN)cc1C.Cl. The molecule has 0 fully saturated rings. The lowest BCUT2D eigenvalue weighted by Gasteiger charge is -2.16. The number of sulfonamides is 1. The maximum absolute atomic E-state index is 13.0. The molecule has 122 valence electrons. The summed E-state index contributed by atoms with van der Waals surface area (Å²) in [6.07, 6.45) is 0. The van der Waals surface area contributed by atoms with E-state index in [9.17, 15) is 17.2 Å². The van der Waals surface area contributed by atoms with E-state index in [0.717, 1.165) is 0 Å². The number of nitrogens with two attached hydrogens (primary N) is 1. The van der Waals surface area contributed by atoms with Crippen LogP contribution in [0.3, 0.4) is 0 Å². The minimum Gasteiger partial charge on any atom is -0.496 e. The molecule has 0 amide bonds. The molecule has 0 atom stereocenters. The highest BCUT2D eigenvalue weighted by atomic mass is 35.5. The second kappa shape index (κ2) is 7.35. The van der Waals surface area contributed by atoms with E-state index in [1.165, 1.54) is 13.2 Å². The number of methoxy groups -OCH3 is 1. The number of hydrogen-bond acceptors (Lipinski definition) is 4. The lowest BCUT2D eigenvalue weighted by Crippen LogP contribution is -2.41. The van der Waals surface area contributed by atoms with Crippen molar-refractivity contribution in [1.29, 1.82) is 0 Å². The number of halogens is 3. The third-order valence-corrected chi connectivity index (χ3v) is 4.34. The molecule has 21 heavy (non-hydrogen) atoms. The first-order chi connectivity index (χ1) is 9.13. The number of alkyl halides is 2. The van der Waals surface area contributed by atoms with Crippen molar-refractivity contribution >= 4 is 22.4 Å². The molecule has 0 heterocycles. The number of nitrogens with one attached hydrogen (secondary N) is 1. The largest absolute Gasteiger partial charge is 0.496 e. The van der Waals surface area contributed by atoms with Gasteiger partial charge in [0, 0.05) is 0 Å². The van der Waals surface area contributed by atoms with Gasteiger partial charge in [-0.1, -0.05) is 0 Å². The normalized spacial score (nSPS) is 11.9. The second-order valence-electron chi connectivity index (χ2n) is 4.47. The first-order valence-corrected chi connectivity index (χ1v) is 7.34. The van der Waals surface area contributed by atoms with Gasteiger partial charge in [-0.3, -0.25) is 0 Å². The predicted octanol–water partition coefficient (Wildman–Crippen LogP) is 1.61. The summed E-state index contributed by atoms with van der Waals surface area (Å²) < 4.78 is 57.1. The Balaban J connectivity index is 0.00000400. The van der Waals surface area contributed by atoms with Crippen molar-refractivity contribution in [3.05, 3.63) is 23.3 Å². The molecule has 0 aliphatic rings. The number of rotatable bonds is 6. The van der Waals surface area contributed by atoms with E-state index >= 15 is 0 Å². The zero-order valence-corrected chi connectivity index (χ0v) is 13.6. The van der Waals surface area contributed by atoms with Crippen LogP contribution < -0.4 is 15.2 Å². The van der Waals surface area contributed by atoms with Crippen molar-refractivity contribution in [3.8, 4) is 5.75 Å². The van der Waals surface area contributed by atoms with Crippen LogP contribution in [0.2, 0.25) is 0 Å². The van der Waals surface area contributed by atoms with Gasteiger partial charge < -0.3 is 10.5 Å². The monoisotopic (exact) mass is 344 g/mol. The fourth-order valence-corrected chi connectivity index (χ4v) is 2.99. The van der Waals surface area contributed by atoms with E-state index in [2.05, 4.69) is 0 Å². The summed E-state index contributed by atoms with van der Waals surface area (Å²) in [4.78, 5) is -0.0522. The molecule has 5 nitrogen and oxygen atoms in total. The Hall–Kier alpha value is -0.960. The summed E-state index contributed by atoms with van der Waals surface area (Å²) in [6, 6.07) is 2.93. The van der Waals surface area contributed by atoms with E-state index in [-0.39, 0.29) is 17.3 Å². The molecule has 0 unspecified atom stereocenters. The van der Waals surface area contributed by atoms with E-state index in [0.29, 0.717) is 16.9 Å². The average Bonchev–Trinajstić information content (AvgIpc) is 2.39. The molecular weight excluding hydrogens is 326 g/mol. The smallest absolute Gasteiger partial charge is 0.273 e. The van der Waals surface area contributed by atoms with Crippen LogP contribution in [0.4, 0.5) is 8.78 Å². The van der Waals surface area contributed by atoms with Gasteiger partial charge in [-0.15, -0.1) is 12.4 Å². The molecule has 0 spiro atoms. The van der Waals surface area contributed by atoms with Gasteiger partial charge in [-0.25, -0.2) is 21.9 Å². The number of aryl methyl sites for hydroxylation is 2. The van der Waals surface area contributed by atoms with E-state index < -0.39 is 29.0 Å². The van der Waals surface area contributed by atoms with Gasteiger partial charge >= 0.3 is 0 Å². The number of hydrogen-bond donors (Lipinski definition) is 2. The van der Waals surface area contributed by atoms with Crippen LogP contribution >= 0.6 is 12.4 Å². The first-order valence-electron chi connectivity index (χ1n) is 5.86. The van der Waals surface area contributed by atoms with Crippen LogP contribution in [-0.2, 0) is 10.0 Å². The summed E-state index contributed by atoms with van der Waals surface area (Å²) in [5.74, 6) is -2.74. The van der Waals surface area contributed by atoms with Gasteiger partial charge in [0.25, 0.3) is 5.92 Å². The molecule has 9 heteroatoms. The first kappa shape index (κ1) is 20.0. The Morgan fingerprint density at radius 2 is 1.86 bits per heavy atom. The summed E-state index contributed by atoms with van der Waals surface area (Å²) in [5, 5.41) is 0. The fourth-order valence-electron chi connectivity index (χ4n) is 1.62. The van der Waals surface area contributed by atoms with Crippen LogP contribution in [0.25, 0.3) is 0 Å². The summed E-state index contributed by atoms with van der Waals surface area (Å²) >= 11 is 0. The van der Waals surface area contributed by atoms with E-state index in [1.807, 2.05) is 4.72 Å². The molecular formula is C12H19ClF2N2O3S. The molecule has 0 aromatic heterocycles. The molecule has 1 rings (SSSR count). The van der Waals surface area contributed by atoms with Gasteiger partial charge in [-0.2, -0.15) is 0 Å². The maximum Gasteiger partial charge on any atom is 0.273 e. The quantitative estimate of drug-likeness (QED) is 0.821. The lowest BCUT2D eigenvalue weighted by atomic mass is 10.1. The molecule has 0 saturated carbocycles. The standard InChI is InChI=1S/C12H18F2N2O3S.ClH/c1-8-5-11(9(2)4-10(8)19-3)20(17,18)16-7-12(13,14)6-15;/h4-5,16H,6-7,15H2,1-3H3;1H. The summed E-state index contributed by atoms with van der Waals surface area (Å²) in [5.41, 5.74) is 5.88. The fraction of sp³-hybridized carbons (Fsp3) is 0.500. The van der Waals surface area contributed by atoms with Crippen LogP contribution in [0.1, 0.15) is 11.1 Å². The van der Waals surface area contributed by atoms with Gasteiger partial charge in [0.05, 0.1) is 25.1 Å². The van der Waals surface area contributed by atoms with Crippen LogP contribution in [0.5, 0.6) is 5.75 Å². The van der Waals surface area contributed by atoms with Crippen LogP contribution in [0, 0.1) is 13.8 Å². The molecule has 0 aliphatic heterocycles. The maximum atomic E-state index is 13.0. The Morgan fingerprint density at radius 3 is 2.33 bits per heavy atom. The zero-order valence-electron chi connectivity index (χ0n) is 11.9. The van der Waals surface area contributed by atoms with Crippen molar-refractivity contribution < 1.29 is 21.9 Å². The lowest BCUT2D eigenvalue weighted by molar-refractivity contribution is 0.0170. The predicted molar refractivity (Wildman–Crippen MR) is 78.9 cm³/mol. The third kappa shape index (κ3) is 5.06. The molecule has 0 bridgehead atoms. The Bertz CT molecular complexity index is 594. The highest BCUT2D eigenvalue weighted by Gasteiger charge is 2.30. The van der Waals surface area contributed by atoms with Gasteiger partial charge in [-0.05, 0) is 37.1 Å². The zero-order chi connectivity index (χ0) is 15.6.